The molecule has 0 atom stereocenters. The van der Waals surface area contributed by atoms with Crippen molar-refractivity contribution in [2.45, 2.75) is 11.8 Å². The van der Waals surface area contributed by atoms with Crippen molar-refractivity contribution < 1.29 is 13.2 Å². The number of sulfonamides is 1. The van der Waals surface area contributed by atoms with Crippen LogP contribution in [0.4, 0.5) is 11.6 Å². The number of nitrogens with two attached hydrogens (primary N) is 1. The van der Waals surface area contributed by atoms with Gasteiger partial charge in [-0.1, -0.05) is 0 Å². The molecule has 0 fully saturated rings. The number of hydrogen-bond acceptors (Lipinski definition) is 7. The van der Waals surface area contributed by atoms with Crippen LogP contribution >= 0.6 is 0 Å². The fourth-order valence-electron chi connectivity index (χ4n) is 1.48. The van der Waals surface area contributed by atoms with Crippen LogP contribution in [0, 0.1) is 0 Å². The minimum absolute atomic E-state index is 0.0770. The second kappa shape index (κ2) is 5.70. The van der Waals surface area contributed by atoms with Crippen molar-refractivity contribution >= 4 is 21.7 Å². The van der Waals surface area contributed by atoms with E-state index >= 15 is 0 Å². The summed E-state index contributed by atoms with van der Waals surface area (Å²) in [4.78, 5) is 3.67. The van der Waals surface area contributed by atoms with Crippen LogP contribution in [0.3, 0.4) is 0 Å². The maximum Gasteiger partial charge on any atom is 0.268 e. The Bertz CT molecular complexity index is 690. The van der Waals surface area contributed by atoms with Gasteiger partial charge < -0.3 is 10.5 Å². The van der Waals surface area contributed by atoms with Gasteiger partial charge in [0.15, 0.2) is 0 Å². The molecule has 0 spiro atoms. The van der Waals surface area contributed by atoms with Crippen LogP contribution in [0.25, 0.3) is 0 Å². The Balaban J connectivity index is 2.41. The molecule has 0 aliphatic rings. The number of hydrogen-bond donors (Lipinski definition) is 2. The predicted octanol–water partition coefficient (Wildman–Crippen LogP) is 0.653. The van der Waals surface area contributed by atoms with Gasteiger partial charge in [-0.25, -0.2) is 18.1 Å². The van der Waals surface area contributed by atoms with Crippen molar-refractivity contribution in [2.75, 3.05) is 17.1 Å². The molecule has 0 amide bonds. The summed E-state index contributed by atoms with van der Waals surface area (Å²) in [6.07, 6.45) is 2.66. The molecule has 0 saturated heterocycles. The quantitative estimate of drug-likeness (QED) is 0.777. The normalized spacial score (nSPS) is 11.1. The van der Waals surface area contributed by atoms with E-state index < -0.39 is 10.0 Å². The lowest BCUT2D eigenvalue weighted by Crippen LogP contribution is -2.16. The van der Waals surface area contributed by atoms with E-state index in [2.05, 4.69) is 19.9 Å². The van der Waals surface area contributed by atoms with Gasteiger partial charge in [-0.05, 0) is 25.1 Å². The van der Waals surface area contributed by atoms with E-state index in [0.717, 1.165) is 0 Å². The van der Waals surface area contributed by atoms with Crippen LogP contribution < -0.4 is 15.2 Å². The average Bonchev–Trinajstić information content (AvgIpc) is 2.41. The van der Waals surface area contributed by atoms with Crippen LogP contribution in [0.5, 0.6) is 5.75 Å². The van der Waals surface area contributed by atoms with E-state index in [9.17, 15) is 8.42 Å². The van der Waals surface area contributed by atoms with Crippen molar-refractivity contribution in [3.8, 4) is 5.75 Å². The summed E-state index contributed by atoms with van der Waals surface area (Å²) < 4.78 is 32.1. The highest BCUT2D eigenvalue weighted by molar-refractivity contribution is 7.92. The Morgan fingerprint density at radius 1 is 1.35 bits per heavy atom. The number of benzene rings is 1. The summed E-state index contributed by atoms with van der Waals surface area (Å²) in [7, 11) is -3.91. The zero-order chi connectivity index (χ0) is 14.6. The predicted molar refractivity (Wildman–Crippen MR) is 72.7 cm³/mol. The fraction of sp³-hybridized carbons (Fsp3) is 0.182. The van der Waals surface area contributed by atoms with E-state index in [-0.39, 0.29) is 16.6 Å². The summed E-state index contributed by atoms with van der Waals surface area (Å²) in [5, 5.41) is 7.11. The van der Waals surface area contributed by atoms with E-state index in [0.29, 0.717) is 12.3 Å². The molecule has 0 bridgehead atoms. The largest absolute Gasteiger partial charge is 0.492 e. The highest BCUT2D eigenvalue weighted by atomic mass is 32.2. The third-order valence-electron chi connectivity index (χ3n) is 2.27. The van der Waals surface area contributed by atoms with Gasteiger partial charge in [-0.2, -0.15) is 5.10 Å². The first-order valence-corrected chi connectivity index (χ1v) is 7.20. The van der Waals surface area contributed by atoms with Gasteiger partial charge in [0.1, 0.15) is 10.6 Å². The fourth-order valence-corrected chi connectivity index (χ4v) is 2.61. The Morgan fingerprint density at radius 2 is 2.15 bits per heavy atom. The molecule has 1 aromatic heterocycles. The lowest BCUT2D eigenvalue weighted by Gasteiger charge is -2.12. The molecule has 3 N–H and O–H groups in total. The molecule has 1 heterocycles. The molecule has 0 radical (unpaired) electrons. The van der Waals surface area contributed by atoms with E-state index in [1.807, 2.05) is 0 Å². The van der Waals surface area contributed by atoms with Gasteiger partial charge in [0.2, 0.25) is 0 Å². The van der Waals surface area contributed by atoms with Gasteiger partial charge in [0.05, 0.1) is 19.0 Å². The zero-order valence-electron chi connectivity index (χ0n) is 10.6. The highest BCUT2D eigenvalue weighted by Gasteiger charge is 2.21. The van der Waals surface area contributed by atoms with Crippen LogP contribution in [0.2, 0.25) is 0 Å². The number of anilines is 2. The third-order valence-corrected chi connectivity index (χ3v) is 3.61. The summed E-state index contributed by atoms with van der Waals surface area (Å²) in [5.41, 5.74) is 5.93. The number of aromatic nitrogens is 3. The van der Waals surface area contributed by atoms with Gasteiger partial charge in [0.25, 0.3) is 16.0 Å². The lowest BCUT2D eigenvalue weighted by molar-refractivity contribution is 0.331. The first-order chi connectivity index (χ1) is 9.53. The molecule has 0 unspecified atom stereocenters. The van der Waals surface area contributed by atoms with E-state index in [4.69, 9.17) is 10.5 Å². The summed E-state index contributed by atoms with van der Waals surface area (Å²) in [6.45, 7) is 2.08. The maximum absolute atomic E-state index is 12.3. The van der Waals surface area contributed by atoms with Gasteiger partial charge in [0, 0.05) is 5.69 Å². The van der Waals surface area contributed by atoms with Crippen molar-refractivity contribution in [2.24, 2.45) is 0 Å². The van der Waals surface area contributed by atoms with Gasteiger partial charge in [-0.3, -0.25) is 0 Å². The van der Waals surface area contributed by atoms with Crippen molar-refractivity contribution in [1.82, 2.24) is 15.2 Å². The number of rotatable bonds is 5. The molecule has 9 heteroatoms. The molecule has 2 rings (SSSR count). The molecular weight excluding hydrogens is 282 g/mol. The van der Waals surface area contributed by atoms with Crippen molar-refractivity contribution in [3.63, 3.8) is 0 Å². The Morgan fingerprint density at radius 3 is 2.80 bits per heavy atom. The molecular formula is C11H13N5O3S. The summed E-state index contributed by atoms with van der Waals surface area (Å²) >= 11 is 0. The third kappa shape index (κ3) is 3.12. The number of nitrogens with one attached hydrogen (secondary N) is 1. The SMILES string of the molecule is CCOc1ccc(N)cc1S(=O)(=O)Nc1nccnn1. The number of ether oxygens (including phenoxy) is 1. The van der Waals surface area contributed by atoms with Crippen LogP contribution in [0.15, 0.2) is 35.5 Å². The molecule has 20 heavy (non-hydrogen) atoms. The minimum Gasteiger partial charge on any atom is -0.492 e. The smallest absolute Gasteiger partial charge is 0.268 e. The molecule has 106 valence electrons. The molecule has 8 nitrogen and oxygen atoms in total. The lowest BCUT2D eigenvalue weighted by atomic mass is 10.3. The first kappa shape index (κ1) is 14.0. The van der Waals surface area contributed by atoms with Crippen LogP contribution in [-0.4, -0.2) is 30.2 Å². The van der Waals surface area contributed by atoms with Crippen LogP contribution in [0.1, 0.15) is 6.92 Å². The zero-order valence-corrected chi connectivity index (χ0v) is 11.5. The maximum atomic E-state index is 12.3. The van der Waals surface area contributed by atoms with Crippen LogP contribution in [-0.2, 0) is 10.0 Å². The molecule has 2 aromatic rings. The highest BCUT2D eigenvalue weighted by Crippen LogP contribution is 2.27. The molecule has 1 aromatic carbocycles. The average molecular weight is 295 g/mol. The Hall–Kier alpha value is -2.42. The Labute approximate surface area is 116 Å². The minimum atomic E-state index is -3.91. The Kier molecular flexibility index (Phi) is 3.99. The monoisotopic (exact) mass is 295 g/mol. The molecule has 0 saturated carbocycles. The standard InChI is InChI=1S/C11H13N5O3S/c1-2-19-9-4-3-8(12)7-10(9)20(17,18)16-11-13-5-6-14-15-11/h3-7H,2,12H2,1H3,(H,13,15,16). The second-order valence-electron chi connectivity index (χ2n) is 3.71. The first-order valence-electron chi connectivity index (χ1n) is 5.72. The van der Waals surface area contributed by atoms with E-state index in [1.54, 1.807) is 13.0 Å². The van der Waals surface area contributed by atoms with Crippen molar-refractivity contribution in [3.05, 3.63) is 30.6 Å². The van der Waals surface area contributed by atoms with E-state index in [1.165, 1.54) is 24.5 Å². The summed E-state index contributed by atoms with van der Waals surface area (Å²) in [5.74, 6) is 0.0791. The van der Waals surface area contributed by atoms with Gasteiger partial charge >= 0.3 is 0 Å². The second-order valence-corrected chi connectivity index (χ2v) is 5.36. The molecule has 0 aliphatic carbocycles. The topological polar surface area (TPSA) is 120 Å². The molecule has 0 aliphatic heterocycles. The number of nitrogen functional groups attached to an aromatic ring is 1. The van der Waals surface area contributed by atoms with Gasteiger partial charge in [-0.15, -0.1) is 5.10 Å². The van der Waals surface area contributed by atoms with Crippen molar-refractivity contribution in [1.29, 1.82) is 0 Å². The summed E-state index contributed by atoms with van der Waals surface area (Å²) in [6, 6.07) is 4.37. The number of nitrogens with zero attached hydrogens (tertiary/aromatic N) is 3.